The summed E-state index contributed by atoms with van der Waals surface area (Å²) < 4.78 is 0. The quantitative estimate of drug-likeness (QED) is 0.447. The van der Waals surface area contributed by atoms with E-state index in [2.05, 4.69) is 30.7 Å². The van der Waals surface area contributed by atoms with Crippen LogP contribution in [0, 0.1) is 0 Å². The van der Waals surface area contributed by atoms with Gasteiger partial charge in [-0.1, -0.05) is 48.7 Å². The van der Waals surface area contributed by atoms with Gasteiger partial charge in [-0.15, -0.1) is 0 Å². The molecule has 62 valence electrons. The van der Waals surface area contributed by atoms with Crippen LogP contribution in [0.5, 0.6) is 0 Å². The Hall–Kier alpha value is -0.690. The zero-order valence-corrected chi connectivity index (χ0v) is 7.94. The highest BCUT2D eigenvalue weighted by Gasteiger charge is 1.79. The van der Waals surface area contributed by atoms with Crippen LogP contribution in [0.4, 0.5) is 0 Å². The van der Waals surface area contributed by atoms with E-state index in [4.69, 9.17) is 0 Å². The zero-order chi connectivity index (χ0) is 8.74. The first kappa shape index (κ1) is 10.3. The number of rotatable bonds is 4. The van der Waals surface area contributed by atoms with E-state index in [9.17, 15) is 0 Å². The molecule has 0 N–H and O–H groups in total. The highest BCUT2D eigenvalue weighted by molar-refractivity contribution is 8.27. The van der Waals surface area contributed by atoms with Crippen molar-refractivity contribution in [1.29, 1.82) is 0 Å². The van der Waals surface area contributed by atoms with Crippen molar-refractivity contribution in [3.63, 3.8) is 0 Å². The molecule has 0 heterocycles. The Kier molecular flexibility index (Phi) is 4.71. The molecule has 0 aromatic rings. The van der Waals surface area contributed by atoms with Crippen molar-refractivity contribution in [2.45, 2.75) is 0 Å². The summed E-state index contributed by atoms with van der Waals surface area (Å²) in [4.78, 5) is 0. The molecule has 0 saturated carbocycles. The smallest absolute Gasteiger partial charge is 0.00117 e. The second-order valence-corrected chi connectivity index (χ2v) is 5.98. The minimum atomic E-state index is -0.858. The third-order valence-electron chi connectivity index (χ3n) is 0.993. The SMILES string of the molecule is C=C/C=C\C=C/CS(=C)(=C)C. The lowest BCUT2D eigenvalue weighted by Gasteiger charge is -1.99. The third kappa shape index (κ3) is 9.31. The maximum absolute atomic E-state index is 3.96. The van der Waals surface area contributed by atoms with Crippen molar-refractivity contribution < 1.29 is 0 Å². The summed E-state index contributed by atoms with van der Waals surface area (Å²) in [5.41, 5.74) is 0. The molecular formula is C10H16S. The van der Waals surface area contributed by atoms with Gasteiger partial charge >= 0.3 is 0 Å². The van der Waals surface area contributed by atoms with E-state index in [1.165, 1.54) is 0 Å². The summed E-state index contributed by atoms with van der Waals surface area (Å²) in [6.45, 7) is 3.57. The molecule has 0 aliphatic carbocycles. The lowest BCUT2D eigenvalue weighted by Crippen LogP contribution is -1.76. The van der Waals surface area contributed by atoms with Crippen LogP contribution in [0.3, 0.4) is 0 Å². The van der Waals surface area contributed by atoms with Crippen LogP contribution in [0.1, 0.15) is 0 Å². The first-order valence-corrected chi connectivity index (χ1v) is 5.97. The lowest BCUT2D eigenvalue weighted by atomic mass is 10.4. The molecular weight excluding hydrogens is 152 g/mol. The minimum Gasteiger partial charge on any atom is -0.214 e. The van der Waals surface area contributed by atoms with Crippen molar-refractivity contribution in [2.24, 2.45) is 0 Å². The normalized spacial score (nSPS) is 12.8. The number of hydrogen-bond acceptors (Lipinski definition) is 0. The molecule has 0 atom stereocenters. The topological polar surface area (TPSA) is 0 Å². The molecule has 1 heteroatoms. The second kappa shape index (κ2) is 5.03. The minimum absolute atomic E-state index is 0.858. The fourth-order valence-electron chi connectivity index (χ4n) is 0.509. The molecule has 0 rings (SSSR count). The standard InChI is InChI=1S/C10H16S/c1-5-6-7-8-9-10-11(2,3)4/h5-9H,1-3,10H2,4H3/b7-6-,9-8-. The predicted molar refractivity (Wildman–Crippen MR) is 61.1 cm³/mol. The maximum atomic E-state index is 3.96. The molecule has 0 saturated heterocycles. The molecule has 0 nitrogen and oxygen atoms in total. The largest absolute Gasteiger partial charge is 0.214 e. The monoisotopic (exact) mass is 168 g/mol. The molecule has 0 radical (unpaired) electrons. The van der Waals surface area contributed by atoms with E-state index in [0.717, 1.165) is 5.75 Å². The highest BCUT2D eigenvalue weighted by Crippen LogP contribution is 2.11. The Labute approximate surface area is 70.4 Å². The van der Waals surface area contributed by atoms with Crippen LogP contribution < -0.4 is 0 Å². The van der Waals surface area contributed by atoms with Crippen LogP contribution in [0.25, 0.3) is 0 Å². The van der Waals surface area contributed by atoms with Gasteiger partial charge in [0.2, 0.25) is 0 Å². The summed E-state index contributed by atoms with van der Waals surface area (Å²) in [5, 5.41) is 0. The molecule has 11 heavy (non-hydrogen) atoms. The molecule has 0 fully saturated rings. The van der Waals surface area contributed by atoms with Gasteiger partial charge in [0, 0.05) is 5.75 Å². The second-order valence-electron chi connectivity index (χ2n) is 2.69. The van der Waals surface area contributed by atoms with Gasteiger partial charge in [0.1, 0.15) is 0 Å². The van der Waals surface area contributed by atoms with E-state index in [-0.39, 0.29) is 0 Å². The molecule has 0 spiro atoms. The summed E-state index contributed by atoms with van der Waals surface area (Å²) in [7, 11) is -0.858. The third-order valence-corrected chi connectivity index (χ3v) is 1.99. The molecule has 0 aromatic carbocycles. The van der Waals surface area contributed by atoms with Crippen LogP contribution >= 0.6 is 9.21 Å². The van der Waals surface area contributed by atoms with E-state index in [0.29, 0.717) is 0 Å². The molecule has 0 aliphatic rings. The van der Waals surface area contributed by atoms with E-state index in [1.54, 1.807) is 6.08 Å². The van der Waals surface area contributed by atoms with Gasteiger partial charge in [0.05, 0.1) is 0 Å². The Bertz CT molecular complexity index is 251. The highest BCUT2D eigenvalue weighted by atomic mass is 32.2. The van der Waals surface area contributed by atoms with Crippen molar-refractivity contribution in [3.8, 4) is 0 Å². The van der Waals surface area contributed by atoms with E-state index < -0.39 is 9.21 Å². The maximum Gasteiger partial charge on any atom is 0.00117 e. The first-order chi connectivity index (χ1) is 5.06. The molecule has 0 unspecified atom stereocenters. The molecule has 0 aliphatic heterocycles. The molecule has 0 amide bonds. The summed E-state index contributed by atoms with van der Waals surface area (Å²) >= 11 is 0. The average Bonchev–Trinajstić information content (AvgIpc) is 1.85. The lowest BCUT2D eigenvalue weighted by molar-refractivity contribution is 1.75. The van der Waals surface area contributed by atoms with E-state index >= 15 is 0 Å². The van der Waals surface area contributed by atoms with Crippen LogP contribution in [-0.2, 0) is 0 Å². The van der Waals surface area contributed by atoms with Gasteiger partial charge in [-0.2, -0.15) is 0 Å². The molecule has 0 bridgehead atoms. The van der Waals surface area contributed by atoms with Gasteiger partial charge in [0.15, 0.2) is 0 Å². The molecule has 0 aromatic heterocycles. The van der Waals surface area contributed by atoms with Crippen molar-refractivity contribution in [2.75, 3.05) is 12.0 Å². The van der Waals surface area contributed by atoms with Crippen molar-refractivity contribution in [3.05, 3.63) is 37.0 Å². The Morgan fingerprint density at radius 2 is 1.82 bits per heavy atom. The fourth-order valence-corrected chi connectivity index (χ4v) is 1.08. The average molecular weight is 168 g/mol. The van der Waals surface area contributed by atoms with Crippen molar-refractivity contribution in [1.82, 2.24) is 0 Å². The van der Waals surface area contributed by atoms with Crippen LogP contribution in [-0.4, -0.2) is 23.7 Å². The van der Waals surface area contributed by atoms with Crippen LogP contribution in [0.15, 0.2) is 37.0 Å². The van der Waals surface area contributed by atoms with E-state index in [1.807, 2.05) is 18.2 Å². The van der Waals surface area contributed by atoms with Gasteiger partial charge in [-0.3, -0.25) is 0 Å². The Morgan fingerprint density at radius 3 is 2.27 bits per heavy atom. The zero-order valence-electron chi connectivity index (χ0n) is 7.12. The Balaban J connectivity index is 3.80. The summed E-state index contributed by atoms with van der Waals surface area (Å²) in [6.07, 6.45) is 11.8. The van der Waals surface area contributed by atoms with Crippen LogP contribution in [0.2, 0.25) is 0 Å². The van der Waals surface area contributed by atoms with Gasteiger partial charge in [-0.05, 0) is 6.26 Å². The predicted octanol–water partition coefficient (Wildman–Crippen LogP) is 2.58. The van der Waals surface area contributed by atoms with Gasteiger partial charge < -0.3 is 0 Å². The fraction of sp³-hybridized carbons (Fsp3) is 0.200. The first-order valence-electron chi connectivity index (χ1n) is 3.42. The van der Waals surface area contributed by atoms with Crippen molar-refractivity contribution >= 4 is 20.9 Å². The number of hydrogen-bond donors (Lipinski definition) is 0. The summed E-state index contributed by atoms with van der Waals surface area (Å²) in [5.74, 6) is 8.91. The Morgan fingerprint density at radius 1 is 1.18 bits per heavy atom. The number of allylic oxidation sites excluding steroid dienone is 4. The van der Waals surface area contributed by atoms with Gasteiger partial charge in [-0.25, -0.2) is 9.21 Å². The van der Waals surface area contributed by atoms with Gasteiger partial charge in [0.25, 0.3) is 0 Å². The summed E-state index contributed by atoms with van der Waals surface area (Å²) in [6, 6.07) is 0.